The van der Waals surface area contributed by atoms with Gasteiger partial charge in [-0.2, -0.15) is 0 Å². The van der Waals surface area contributed by atoms with Crippen LogP contribution >= 0.6 is 0 Å². The van der Waals surface area contributed by atoms with Crippen molar-refractivity contribution in [1.82, 2.24) is 15.3 Å². The summed E-state index contributed by atoms with van der Waals surface area (Å²) in [5.41, 5.74) is 2.82. The summed E-state index contributed by atoms with van der Waals surface area (Å²) < 4.78 is 0. The summed E-state index contributed by atoms with van der Waals surface area (Å²) in [4.78, 5) is 31.2. The maximum Gasteiger partial charge on any atom is 0.258 e. The highest BCUT2D eigenvalue weighted by Gasteiger charge is 2.06. The van der Waals surface area contributed by atoms with Gasteiger partial charge in [-0.05, 0) is 31.0 Å². The molecular weight excluding hydrogens is 314 g/mol. The molecule has 0 atom stereocenters. The predicted molar refractivity (Wildman–Crippen MR) is 98.3 cm³/mol. The Morgan fingerprint density at radius 2 is 2.00 bits per heavy atom. The minimum Gasteiger partial charge on any atom is -0.352 e. The minimum absolute atomic E-state index is 0.00430. The molecule has 25 heavy (non-hydrogen) atoms. The molecule has 0 radical (unpaired) electrons. The molecule has 2 N–H and O–H groups in total. The Morgan fingerprint density at radius 1 is 1.16 bits per heavy atom. The zero-order chi connectivity index (χ0) is 17.6. The first-order valence-corrected chi connectivity index (χ1v) is 8.42. The molecule has 0 bridgehead atoms. The van der Waals surface area contributed by atoms with Gasteiger partial charge < -0.3 is 10.3 Å². The molecule has 0 unspecified atom stereocenters. The Morgan fingerprint density at radius 3 is 2.84 bits per heavy atom. The number of nitrogens with zero attached hydrogens (tertiary/aromatic N) is 1. The largest absolute Gasteiger partial charge is 0.352 e. The van der Waals surface area contributed by atoms with E-state index in [4.69, 9.17) is 0 Å². The van der Waals surface area contributed by atoms with E-state index in [1.165, 1.54) is 5.56 Å². The van der Waals surface area contributed by atoms with Crippen LogP contribution in [-0.4, -0.2) is 15.9 Å². The van der Waals surface area contributed by atoms with Crippen molar-refractivity contribution in [2.75, 3.05) is 0 Å². The Kier molecular flexibility index (Phi) is 5.23. The number of carbonyl (C=O) groups excluding carboxylic acids is 1. The van der Waals surface area contributed by atoms with Crippen LogP contribution in [0.3, 0.4) is 0 Å². The second-order valence-corrected chi connectivity index (χ2v) is 6.15. The number of benzene rings is 2. The lowest BCUT2D eigenvalue weighted by Gasteiger charge is -2.06. The quantitative estimate of drug-likeness (QED) is 0.727. The number of aromatic nitrogens is 2. The average Bonchev–Trinajstić information content (AvgIpc) is 2.60. The van der Waals surface area contributed by atoms with Gasteiger partial charge in [0, 0.05) is 19.4 Å². The molecule has 0 saturated heterocycles. The van der Waals surface area contributed by atoms with E-state index in [0.29, 0.717) is 42.5 Å². The lowest BCUT2D eigenvalue weighted by atomic mass is 10.1. The van der Waals surface area contributed by atoms with Gasteiger partial charge in [0.25, 0.3) is 5.56 Å². The highest BCUT2D eigenvalue weighted by atomic mass is 16.1. The molecule has 128 valence electrons. The number of aryl methyl sites for hydroxylation is 2. The van der Waals surface area contributed by atoms with Crippen molar-refractivity contribution in [2.24, 2.45) is 0 Å². The monoisotopic (exact) mass is 335 g/mol. The fraction of sp³-hybridized carbons (Fsp3) is 0.250. The molecule has 0 aliphatic heterocycles. The summed E-state index contributed by atoms with van der Waals surface area (Å²) in [7, 11) is 0. The Bertz CT molecular complexity index is 947. The van der Waals surface area contributed by atoms with E-state index in [-0.39, 0.29) is 11.5 Å². The number of fused-ring (bicyclic) bond motifs is 1. The maximum absolute atomic E-state index is 12.0. The van der Waals surface area contributed by atoms with Crippen molar-refractivity contribution in [3.63, 3.8) is 0 Å². The first-order chi connectivity index (χ1) is 12.1. The van der Waals surface area contributed by atoms with Crippen LogP contribution in [0, 0.1) is 6.92 Å². The lowest BCUT2D eigenvalue weighted by Crippen LogP contribution is -2.22. The zero-order valence-corrected chi connectivity index (χ0v) is 14.2. The normalized spacial score (nSPS) is 10.8. The Hall–Kier alpha value is -2.95. The van der Waals surface area contributed by atoms with Crippen molar-refractivity contribution in [2.45, 2.75) is 32.7 Å². The fourth-order valence-electron chi connectivity index (χ4n) is 2.78. The van der Waals surface area contributed by atoms with Crippen molar-refractivity contribution in [1.29, 1.82) is 0 Å². The van der Waals surface area contributed by atoms with E-state index in [9.17, 15) is 9.59 Å². The number of para-hydroxylation sites is 1. The van der Waals surface area contributed by atoms with Crippen LogP contribution in [0.4, 0.5) is 0 Å². The molecule has 2 aromatic carbocycles. The first kappa shape index (κ1) is 16.9. The van der Waals surface area contributed by atoms with Crippen molar-refractivity contribution >= 4 is 16.8 Å². The van der Waals surface area contributed by atoms with Gasteiger partial charge in [0.05, 0.1) is 10.9 Å². The molecule has 5 nitrogen and oxygen atoms in total. The lowest BCUT2D eigenvalue weighted by molar-refractivity contribution is -0.121. The van der Waals surface area contributed by atoms with Crippen molar-refractivity contribution in [3.05, 3.63) is 75.8 Å². The molecule has 1 aromatic heterocycles. The number of rotatable bonds is 6. The van der Waals surface area contributed by atoms with Crippen molar-refractivity contribution < 1.29 is 4.79 Å². The Labute approximate surface area is 146 Å². The summed E-state index contributed by atoms with van der Waals surface area (Å²) in [5.74, 6) is 0.625. The third kappa shape index (κ3) is 4.53. The van der Waals surface area contributed by atoms with Crippen molar-refractivity contribution in [3.8, 4) is 0 Å². The minimum atomic E-state index is -0.135. The summed E-state index contributed by atoms with van der Waals surface area (Å²) in [6, 6.07) is 15.3. The van der Waals surface area contributed by atoms with Crippen LogP contribution in [0.5, 0.6) is 0 Å². The van der Waals surface area contributed by atoms with Gasteiger partial charge in [-0.15, -0.1) is 0 Å². The van der Waals surface area contributed by atoms with Crippen LogP contribution < -0.4 is 10.9 Å². The number of hydrogen-bond donors (Lipinski definition) is 2. The number of hydrogen-bond acceptors (Lipinski definition) is 3. The maximum atomic E-state index is 12.0. The molecule has 0 fully saturated rings. The fourth-order valence-corrected chi connectivity index (χ4v) is 2.78. The van der Waals surface area contributed by atoms with E-state index in [1.54, 1.807) is 6.07 Å². The second-order valence-electron chi connectivity index (χ2n) is 6.15. The van der Waals surface area contributed by atoms with Gasteiger partial charge in [0.1, 0.15) is 5.82 Å². The highest BCUT2D eigenvalue weighted by Crippen LogP contribution is 2.07. The number of nitrogens with one attached hydrogen (secondary N) is 2. The smallest absolute Gasteiger partial charge is 0.258 e. The zero-order valence-electron chi connectivity index (χ0n) is 14.2. The Balaban J connectivity index is 1.51. The van der Waals surface area contributed by atoms with Gasteiger partial charge in [-0.1, -0.05) is 42.0 Å². The van der Waals surface area contributed by atoms with Gasteiger partial charge in [0.2, 0.25) is 5.91 Å². The van der Waals surface area contributed by atoms with E-state index in [2.05, 4.69) is 21.4 Å². The van der Waals surface area contributed by atoms with E-state index < -0.39 is 0 Å². The summed E-state index contributed by atoms with van der Waals surface area (Å²) >= 11 is 0. The standard InChI is InChI=1S/C20H21N3O2/c1-14-6-4-7-15(12-14)13-21-19(24)11-5-10-18-22-17-9-3-2-8-16(17)20(25)23-18/h2-4,6-9,12H,5,10-11,13H2,1H3,(H,21,24)(H,22,23,25). The van der Waals surface area contributed by atoms with Gasteiger partial charge in [-0.25, -0.2) is 4.98 Å². The molecule has 3 aromatic rings. The SMILES string of the molecule is Cc1cccc(CNC(=O)CCCc2nc3ccccc3c(=O)[nH]2)c1. The number of aromatic amines is 1. The molecule has 3 rings (SSSR count). The van der Waals surface area contributed by atoms with Crippen LogP contribution in [-0.2, 0) is 17.8 Å². The molecule has 5 heteroatoms. The number of amides is 1. The van der Waals surface area contributed by atoms with Crippen LogP contribution in [0.2, 0.25) is 0 Å². The summed E-state index contributed by atoms with van der Waals surface area (Å²) in [6.45, 7) is 2.56. The highest BCUT2D eigenvalue weighted by molar-refractivity contribution is 5.77. The molecule has 0 saturated carbocycles. The summed E-state index contributed by atoms with van der Waals surface area (Å²) in [6.07, 6.45) is 1.61. The molecule has 0 aliphatic carbocycles. The molecule has 1 heterocycles. The molecule has 0 aliphatic rings. The third-order valence-electron chi connectivity index (χ3n) is 4.05. The van der Waals surface area contributed by atoms with Gasteiger partial charge in [-0.3, -0.25) is 9.59 Å². The molecule has 1 amide bonds. The third-order valence-corrected chi connectivity index (χ3v) is 4.05. The van der Waals surface area contributed by atoms with Crippen LogP contribution in [0.15, 0.2) is 53.3 Å². The van der Waals surface area contributed by atoms with Crippen LogP contribution in [0.1, 0.15) is 29.8 Å². The number of carbonyl (C=O) groups is 1. The topological polar surface area (TPSA) is 74.8 Å². The molecule has 0 spiro atoms. The molecular formula is C20H21N3O2. The van der Waals surface area contributed by atoms with E-state index in [0.717, 1.165) is 5.56 Å². The summed E-state index contributed by atoms with van der Waals surface area (Å²) in [5, 5.41) is 3.51. The number of H-pyrrole nitrogens is 1. The van der Waals surface area contributed by atoms with E-state index in [1.807, 2.05) is 43.3 Å². The van der Waals surface area contributed by atoms with Gasteiger partial charge in [0.15, 0.2) is 0 Å². The van der Waals surface area contributed by atoms with Crippen LogP contribution in [0.25, 0.3) is 10.9 Å². The van der Waals surface area contributed by atoms with E-state index >= 15 is 0 Å². The predicted octanol–water partition coefficient (Wildman–Crippen LogP) is 2.87. The second kappa shape index (κ2) is 7.75. The van der Waals surface area contributed by atoms with Gasteiger partial charge >= 0.3 is 0 Å². The average molecular weight is 335 g/mol. The first-order valence-electron chi connectivity index (χ1n) is 8.42.